The lowest BCUT2D eigenvalue weighted by Crippen LogP contribution is -2.24. The van der Waals surface area contributed by atoms with Crippen molar-refractivity contribution in [3.05, 3.63) is 107 Å². The number of hydrogen-bond donors (Lipinski definition) is 1. The third-order valence-corrected chi connectivity index (χ3v) is 4.86. The molecule has 0 radical (unpaired) electrons. The lowest BCUT2D eigenvalue weighted by Gasteiger charge is -2.08. The van der Waals surface area contributed by atoms with Crippen LogP contribution in [0.25, 0.3) is 5.69 Å². The molecule has 0 atom stereocenters. The molecule has 1 amide bonds. The minimum Gasteiger partial charge on any atom is -0.344 e. The van der Waals surface area contributed by atoms with Gasteiger partial charge in [-0.15, -0.1) is 5.10 Å². The first-order valence-electron chi connectivity index (χ1n) is 9.94. The Balaban J connectivity index is 1.58. The van der Waals surface area contributed by atoms with Crippen molar-refractivity contribution < 1.29 is 4.79 Å². The molecular weight excluding hydrogens is 374 g/mol. The first-order valence-corrected chi connectivity index (χ1v) is 9.94. The zero-order valence-corrected chi connectivity index (χ0v) is 16.8. The number of carbonyl (C=O) groups excluding carboxylic acids is 1. The van der Waals surface area contributed by atoms with Crippen molar-refractivity contribution in [2.75, 3.05) is 0 Å². The summed E-state index contributed by atoms with van der Waals surface area (Å²) in [6, 6.07) is 23.8. The molecule has 0 saturated heterocycles. The summed E-state index contributed by atoms with van der Waals surface area (Å²) in [5.74, 6) is 0.613. The first kappa shape index (κ1) is 19.5. The van der Waals surface area contributed by atoms with Crippen LogP contribution in [0.2, 0.25) is 0 Å². The summed E-state index contributed by atoms with van der Waals surface area (Å²) in [5, 5.41) is 7.39. The number of amides is 1. The van der Waals surface area contributed by atoms with Crippen LogP contribution >= 0.6 is 0 Å². The zero-order valence-electron chi connectivity index (χ0n) is 16.8. The maximum atomic E-state index is 12.7. The van der Waals surface area contributed by atoms with Crippen LogP contribution < -0.4 is 5.32 Å². The summed E-state index contributed by atoms with van der Waals surface area (Å²) >= 11 is 0. The Kier molecular flexibility index (Phi) is 5.94. The fraction of sp³-hybridized carbons (Fsp3) is 0.167. The van der Waals surface area contributed by atoms with Gasteiger partial charge in [0.05, 0.1) is 17.9 Å². The monoisotopic (exact) mass is 397 g/mol. The number of pyridine rings is 1. The van der Waals surface area contributed by atoms with Gasteiger partial charge in [-0.2, -0.15) is 0 Å². The lowest BCUT2D eigenvalue weighted by molar-refractivity contribution is 0.0940. The van der Waals surface area contributed by atoms with Crippen LogP contribution in [0.3, 0.4) is 0 Å². The number of benzene rings is 2. The molecule has 0 saturated carbocycles. The van der Waals surface area contributed by atoms with Gasteiger partial charge in [0.25, 0.3) is 5.91 Å². The molecule has 0 unspecified atom stereocenters. The molecule has 0 spiro atoms. The van der Waals surface area contributed by atoms with Crippen LogP contribution in [0.4, 0.5) is 0 Å². The van der Waals surface area contributed by atoms with Crippen molar-refractivity contribution >= 4 is 5.91 Å². The fourth-order valence-corrected chi connectivity index (χ4v) is 3.25. The van der Waals surface area contributed by atoms with Crippen molar-refractivity contribution in [1.29, 1.82) is 0 Å². The second-order valence-electron chi connectivity index (χ2n) is 7.04. The fourth-order valence-electron chi connectivity index (χ4n) is 3.25. The Morgan fingerprint density at radius 1 is 0.933 bits per heavy atom. The van der Waals surface area contributed by atoms with Gasteiger partial charge in [-0.25, -0.2) is 9.67 Å². The van der Waals surface area contributed by atoms with E-state index in [0.29, 0.717) is 13.0 Å². The minimum absolute atomic E-state index is 0.164. The Morgan fingerprint density at radius 2 is 1.70 bits per heavy atom. The minimum atomic E-state index is -0.311. The van der Waals surface area contributed by atoms with Crippen molar-refractivity contribution in [3.63, 3.8) is 0 Å². The molecule has 0 bridgehead atoms. The van der Waals surface area contributed by atoms with E-state index in [0.717, 1.165) is 29.2 Å². The second-order valence-corrected chi connectivity index (χ2v) is 7.04. The maximum Gasteiger partial charge on any atom is 0.291 e. The van der Waals surface area contributed by atoms with E-state index in [-0.39, 0.29) is 11.7 Å². The lowest BCUT2D eigenvalue weighted by atomic mass is 10.1. The average Bonchev–Trinajstić information content (AvgIpc) is 3.22. The van der Waals surface area contributed by atoms with Crippen LogP contribution in [-0.4, -0.2) is 25.7 Å². The molecule has 4 rings (SSSR count). The number of para-hydroxylation sites is 1. The van der Waals surface area contributed by atoms with Gasteiger partial charge in [0, 0.05) is 12.6 Å². The summed E-state index contributed by atoms with van der Waals surface area (Å²) in [4.78, 5) is 21.5. The van der Waals surface area contributed by atoms with Gasteiger partial charge < -0.3 is 5.32 Å². The molecule has 2 aromatic heterocycles. The highest BCUT2D eigenvalue weighted by molar-refractivity contribution is 5.90. The van der Waals surface area contributed by atoms with E-state index in [1.54, 1.807) is 10.9 Å². The Morgan fingerprint density at radius 3 is 2.47 bits per heavy atom. The third kappa shape index (κ3) is 4.60. The Labute approximate surface area is 175 Å². The predicted molar refractivity (Wildman–Crippen MR) is 115 cm³/mol. The highest BCUT2D eigenvalue weighted by atomic mass is 16.2. The summed E-state index contributed by atoms with van der Waals surface area (Å²) in [5.41, 5.74) is 4.01. The van der Waals surface area contributed by atoms with E-state index in [1.165, 1.54) is 5.56 Å². The highest BCUT2D eigenvalue weighted by Gasteiger charge is 2.18. The molecular formula is C24H23N5O. The van der Waals surface area contributed by atoms with E-state index in [1.807, 2.05) is 67.6 Å². The molecule has 0 aliphatic carbocycles. The second kappa shape index (κ2) is 9.13. The Bertz CT molecular complexity index is 1120. The number of aromatic nitrogens is 4. The first-order chi connectivity index (χ1) is 14.7. The molecule has 1 N–H and O–H groups in total. The molecule has 6 nitrogen and oxygen atoms in total. The molecule has 4 aromatic rings. The van der Waals surface area contributed by atoms with Gasteiger partial charge in [-0.05, 0) is 42.7 Å². The third-order valence-electron chi connectivity index (χ3n) is 4.86. The topological polar surface area (TPSA) is 72.7 Å². The molecule has 0 aliphatic heterocycles. The predicted octanol–water partition coefficient (Wildman–Crippen LogP) is 3.69. The largest absolute Gasteiger partial charge is 0.344 e. The summed E-state index contributed by atoms with van der Waals surface area (Å²) in [6.07, 6.45) is 3.20. The number of nitrogens with zero attached hydrogens (tertiary/aromatic N) is 4. The van der Waals surface area contributed by atoms with Gasteiger partial charge in [0.15, 0.2) is 0 Å². The molecule has 2 aromatic carbocycles. The SMILES string of the molecule is Cc1ccccc1-n1nc(C(=O)NCc2ccccn2)nc1CCc1ccccc1. The highest BCUT2D eigenvalue weighted by Crippen LogP contribution is 2.16. The van der Waals surface area contributed by atoms with Crippen molar-refractivity contribution in [2.45, 2.75) is 26.3 Å². The van der Waals surface area contributed by atoms with Crippen molar-refractivity contribution in [2.24, 2.45) is 0 Å². The summed E-state index contributed by atoms with van der Waals surface area (Å²) in [7, 11) is 0. The molecule has 0 fully saturated rings. The number of carbonyl (C=O) groups is 1. The number of aryl methyl sites for hydroxylation is 3. The van der Waals surface area contributed by atoms with Crippen LogP contribution in [0.15, 0.2) is 79.0 Å². The molecule has 0 aliphatic rings. The van der Waals surface area contributed by atoms with Gasteiger partial charge in [0.1, 0.15) is 5.82 Å². The van der Waals surface area contributed by atoms with Gasteiger partial charge >= 0.3 is 0 Å². The maximum absolute atomic E-state index is 12.7. The molecule has 6 heteroatoms. The average molecular weight is 397 g/mol. The standard InChI is InChI=1S/C24H23N5O/c1-18-9-5-6-13-21(18)29-22(15-14-19-10-3-2-4-11-19)27-23(28-29)24(30)26-17-20-12-7-8-16-25-20/h2-13,16H,14-15,17H2,1H3,(H,26,30). The van der Waals surface area contributed by atoms with Gasteiger partial charge in [-0.1, -0.05) is 54.6 Å². The van der Waals surface area contributed by atoms with Gasteiger partial charge in [0.2, 0.25) is 5.82 Å². The molecule has 2 heterocycles. The van der Waals surface area contributed by atoms with E-state index in [9.17, 15) is 4.79 Å². The van der Waals surface area contributed by atoms with Crippen LogP contribution in [0.1, 0.15) is 33.3 Å². The van der Waals surface area contributed by atoms with E-state index >= 15 is 0 Å². The zero-order chi connectivity index (χ0) is 20.8. The van der Waals surface area contributed by atoms with E-state index < -0.39 is 0 Å². The van der Waals surface area contributed by atoms with Crippen LogP contribution in [0, 0.1) is 6.92 Å². The normalized spacial score (nSPS) is 10.7. The van der Waals surface area contributed by atoms with Gasteiger partial charge in [-0.3, -0.25) is 9.78 Å². The number of hydrogen-bond acceptors (Lipinski definition) is 4. The van der Waals surface area contributed by atoms with E-state index in [2.05, 4.69) is 32.5 Å². The van der Waals surface area contributed by atoms with Crippen LogP contribution in [0.5, 0.6) is 0 Å². The van der Waals surface area contributed by atoms with Crippen molar-refractivity contribution in [1.82, 2.24) is 25.1 Å². The number of nitrogens with one attached hydrogen (secondary N) is 1. The summed E-state index contributed by atoms with van der Waals surface area (Å²) < 4.78 is 1.79. The Hall–Kier alpha value is -3.80. The van der Waals surface area contributed by atoms with Crippen LogP contribution in [-0.2, 0) is 19.4 Å². The molecule has 30 heavy (non-hydrogen) atoms. The smallest absolute Gasteiger partial charge is 0.291 e. The quantitative estimate of drug-likeness (QED) is 0.516. The number of rotatable bonds is 7. The molecule has 150 valence electrons. The van der Waals surface area contributed by atoms with Crippen molar-refractivity contribution in [3.8, 4) is 5.69 Å². The van der Waals surface area contributed by atoms with E-state index in [4.69, 9.17) is 0 Å². The summed E-state index contributed by atoms with van der Waals surface area (Å²) in [6.45, 7) is 2.36.